The zero-order valence-electron chi connectivity index (χ0n) is 18.1. The third-order valence-electron chi connectivity index (χ3n) is 5.45. The summed E-state index contributed by atoms with van der Waals surface area (Å²) in [7, 11) is 0. The molecule has 5 N–H and O–H groups in total. The van der Waals surface area contributed by atoms with Gasteiger partial charge in [0.05, 0.1) is 12.7 Å². The normalized spacial score (nSPS) is 15.1. The lowest BCUT2D eigenvalue weighted by Crippen LogP contribution is -2.41. The molecule has 5 nitrogen and oxygen atoms in total. The first-order valence-corrected chi connectivity index (χ1v) is 10.6. The van der Waals surface area contributed by atoms with Gasteiger partial charge in [-0.2, -0.15) is 0 Å². The summed E-state index contributed by atoms with van der Waals surface area (Å²) >= 11 is 0. The smallest absolute Gasteiger partial charge is 0.222 e. The fraction of sp³-hybridized carbons (Fsp3) is 0.696. The predicted octanol–water partition coefficient (Wildman–Crippen LogP) is 3.16. The highest BCUT2D eigenvalue weighted by atomic mass is 16.3. The summed E-state index contributed by atoms with van der Waals surface area (Å²) in [4.78, 5) is 12.1. The van der Waals surface area contributed by atoms with Crippen LogP contribution in [0.1, 0.15) is 70.9 Å². The molecule has 0 fully saturated rings. The molecule has 3 atom stereocenters. The minimum Gasteiger partial charge on any atom is -0.392 e. The summed E-state index contributed by atoms with van der Waals surface area (Å²) in [5.41, 5.74) is 8.41. The van der Waals surface area contributed by atoms with Crippen LogP contribution in [0.3, 0.4) is 0 Å². The Labute approximate surface area is 170 Å². The summed E-state index contributed by atoms with van der Waals surface area (Å²) in [5, 5.41) is 22.5. The van der Waals surface area contributed by atoms with Gasteiger partial charge in [0.15, 0.2) is 0 Å². The van der Waals surface area contributed by atoms with Crippen LogP contribution in [-0.2, 0) is 17.8 Å². The Morgan fingerprint density at radius 2 is 1.82 bits per heavy atom. The molecule has 1 aromatic carbocycles. The van der Waals surface area contributed by atoms with Crippen molar-refractivity contribution in [3.8, 4) is 0 Å². The Balaban J connectivity index is 2.44. The van der Waals surface area contributed by atoms with Gasteiger partial charge in [0.1, 0.15) is 0 Å². The van der Waals surface area contributed by atoms with Crippen molar-refractivity contribution in [1.29, 1.82) is 0 Å². The van der Waals surface area contributed by atoms with E-state index in [1.54, 1.807) is 0 Å². The summed E-state index contributed by atoms with van der Waals surface area (Å²) in [6.45, 7) is 9.02. The van der Waals surface area contributed by atoms with E-state index in [0.29, 0.717) is 19.4 Å². The number of benzene rings is 1. The minimum absolute atomic E-state index is 0.00899. The number of hydrogen-bond acceptors (Lipinski definition) is 4. The van der Waals surface area contributed by atoms with Crippen LogP contribution in [0, 0.1) is 11.3 Å². The van der Waals surface area contributed by atoms with Gasteiger partial charge >= 0.3 is 0 Å². The fourth-order valence-corrected chi connectivity index (χ4v) is 3.38. The maximum atomic E-state index is 12.1. The van der Waals surface area contributed by atoms with E-state index in [0.717, 1.165) is 31.2 Å². The molecule has 0 saturated carbocycles. The molecule has 1 aromatic rings. The van der Waals surface area contributed by atoms with Crippen molar-refractivity contribution < 1.29 is 15.0 Å². The second kappa shape index (κ2) is 12.2. The van der Waals surface area contributed by atoms with Gasteiger partial charge in [-0.15, -0.1) is 0 Å². The first-order chi connectivity index (χ1) is 13.2. The molecule has 5 heteroatoms. The average molecular weight is 393 g/mol. The van der Waals surface area contributed by atoms with E-state index in [4.69, 9.17) is 10.8 Å². The van der Waals surface area contributed by atoms with E-state index < -0.39 is 6.10 Å². The Morgan fingerprint density at radius 1 is 1.21 bits per heavy atom. The lowest BCUT2D eigenvalue weighted by Gasteiger charge is -2.31. The molecule has 0 spiro atoms. The molecule has 0 aliphatic carbocycles. The number of unbranched alkanes of at least 4 members (excludes halogenated alkanes) is 1. The number of hydrogen-bond donors (Lipinski definition) is 4. The average Bonchev–Trinajstić information content (AvgIpc) is 2.66. The second-order valence-electron chi connectivity index (χ2n) is 8.86. The monoisotopic (exact) mass is 392 g/mol. The van der Waals surface area contributed by atoms with Gasteiger partial charge in [-0.05, 0) is 48.6 Å². The predicted molar refractivity (Wildman–Crippen MR) is 115 cm³/mol. The molecule has 0 bridgehead atoms. The summed E-state index contributed by atoms with van der Waals surface area (Å²) in [5.74, 6) is -0.253. The highest BCUT2D eigenvalue weighted by Gasteiger charge is 2.27. The number of aliphatic hydroxyl groups is 2. The van der Waals surface area contributed by atoms with Crippen LogP contribution < -0.4 is 11.1 Å². The number of carbonyl (C=O) groups is 1. The summed E-state index contributed by atoms with van der Waals surface area (Å²) in [6, 6.07) is 7.65. The van der Waals surface area contributed by atoms with Gasteiger partial charge in [-0.3, -0.25) is 4.79 Å². The topological polar surface area (TPSA) is 95.6 Å². The molecular weight excluding hydrogens is 352 g/mol. The van der Waals surface area contributed by atoms with Crippen LogP contribution in [-0.4, -0.2) is 34.8 Å². The van der Waals surface area contributed by atoms with Gasteiger partial charge in [-0.25, -0.2) is 0 Å². The standard InChI is InChI=1S/C23H40N2O3/c1-5-6-13-25-22(28)17(2)14-21(27)20(24)15-23(3,4)12-11-18-7-9-19(16-26)10-8-18/h7-10,17,20-21,26-27H,5-6,11-16,24H2,1-4H3,(H,25,28)/t17-,20+,21+/m1/s1. The molecule has 1 amide bonds. The molecule has 0 aliphatic rings. The number of rotatable bonds is 13. The zero-order chi connectivity index (χ0) is 21.2. The molecular formula is C23H40N2O3. The zero-order valence-corrected chi connectivity index (χ0v) is 18.1. The number of nitrogens with one attached hydrogen (secondary N) is 1. The van der Waals surface area contributed by atoms with Gasteiger partial charge in [-0.1, -0.05) is 58.4 Å². The lowest BCUT2D eigenvalue weighted by molar-refractivity contribution is -0.125. The third-order valence-corrected chi connectivity index (χ3v) is 5.45. The highest BCUT2D eigenvalue weighted by molar-refractivity contribution is 5.78. The van der Waals surface area contributed by atoms with Gasteiger partial charge < -0.3 is 21.3 Å². The van der Waals surface area contributed by atoms with E-state index >= 15 is 0 Å². The van der Waals surface area contributed by atoms with Crippen LogP contribution in [0.4, 0.5) is 0 Å². The van der Waals surface area contributed by atoms with Crippen LogP contribution in [0.2, 0.25) is 0 Å². The maximum Gasteiger partial charge on any atom is 0.222 e. The Hall–Kier alpha value is -1.43. The van der Waals surface area contributed by atoms with E-state index in [1.807, 2.05) is 19.1 Å². The maximum absolute atomic E-state index is 12.1. The third kappa shape index (κ3) is 9.18. The van der Waals surface area contributed by atoms with Crippen LogP contribution in [0.15, 0.2) is 24.3 Å². The van der Waals surface area contributed by atoms with Crippen molar-refractivity contribution in [3.05, 3.63) is 35.4 Å². The van der Waals surface area contributed by atoms with Crippen LogP contribution >= 0.6 is 0 Å². The molecule has 0 aromatic heterocycles. The number of amides is 1. The molecule has 0 saturated heterocycles. The fourth-order valence-electron chi connectivity index (χ4n) is 3.38. The van der Waals surface area contributed by atoms with Crippen molar-refractivity contribution in [2.75, 3.05) is 6.54 Å². The second-order valence-corrected chi connectivity index (χ2v) is 8.86. The van der Waals surface area contributed by atoms with Gasteiger partial charge in [0.25, 0.3) is 0 Å². The SMILES string of the molecule is CCCCNC(=O)[C@H](C)C[C@H](O)[C@@H](N)CC(C)(C)CCc1ccc(CO)cc1. The van der Waals surface area contributed by atoms with E-state index in [9.17, 15) is 9.90 Å². The molecule has 1 rings (SSSR count). The summed E-state index contributed by atoms with van der Waals surface area (Å²) < 4.78 is 0. The number of aryl methyl sites for hydroxylation is 1. The van der Waals surface area contributed by atoms with Crippen molar-refractivity contribution in [2.45, 2.75) is 85.0 Å². The molecule has 0 aliphatic heterocycles. The van der Waals surface area contributed by atoms with Crippen molar-refractivity contribution in [2.24, 2.45) is 17.1 Å². The van der Waals surface area contributed by atoms with Gasteiger partial charge in [0.2, 0.25) is 5.91 Å². The molecule has 28 heavy (non-hydrogen) atoms. The molecule has 0 heterocycles. The highest BCUT2D eigenvalue weighted by Crippen LogP contribution is 2.30. The first kappa shape index (κ1) is 24.6. The molecule has 0 unspecified atom stereocenters. The number of aliphatic hydroxyl groups excluding tert-OH is 2. The van der Waals surface area contributed by atoms with Crippen molar-refractivity contribution in [1.82, 2.24) is 5.32 Å². The van der Waals surface area contributed by atoms with Crippen molar-refractivity contribution in [3.63, 3.8) is 0 Å². The lowest BCUT2D eigenvalue weighted by atomic mass is 9.78. The van der Waals surface area contributed by atoms with E-state index in [2.05, 4.69) is 38.2 Å². The quantitative estimate of drug-likeness (QED) is 0.388. The number of carbonyl (C=O) groups excluding carboxylic acids is 1. The van der Waals surface area contributed by atoms with Crippen LogP contribution in [0.25, 0.3) is 0 Å². The Morgan fingerprint density at radius 3 is 2.39 bits per heavy atom. The summed E-state index contributed by atoms with van der Waals surface area (Å²) in [6.07, 6.45) is 4.30. The van der Waals surface area contributed by atoms with E-state index in [-0.39, 0.29) is 29.9 Å². The Bertz CT molecular complexity index is 572. The largest absolute Gasteiger partial charge is 0.392 e. The van der Waals surface area contributed by atoms with Gasteiger partial charge in [0, 0.05) is 18.5 Å². The number of nitrogens with two attached hydrogens (primary N) is 1. The van der Waals surface area contributed by atoms with Crippen molar-refractivity contribution >= 4 is 5.91 Å². The first-order valence-electron chi connectivity index (χ1n) is 10.6. The molecule has 160 valence electrons. The Kier molecular flexibility index (Phi) is 10.7. The molecule has 0 radical (unpaired) electrons. The van der Waals surface area contributed by atoms with Crippen LogP contribution in [0.5, 0.6) is 0 Å². The minimum atomic E-state index is -0.685. The van der Waals surface area contributed by atoms with E-state index in [1.165, 1.54) is 5.56 Å².